The maximum absolute atomic E-state index is 11.7. The van der Waals surface area contributed by atoms with E-state index in [1.54, 1.807) is 24.3 Å². The summed E-state index contributed by atoms with van der Waals surface area (Å²) in [5, 5.41) is 8.49. The number of hydrogen-bond donors (Lipinski definition) is 3. The van der Waals surface area contributed by atoms with Gasteiger partial charge >= 0.3 is 0 Å². The van der Waals surface area contributed by atoms with E-state index in [2.05, 4.69) is 16.0 Å². The first-order valence-electron chi connectivity index (χ1n) is 5.94. The van der Waals surface area contributed by atoms with E-state index in [-0.39, 0.29) is 11.8 Å². The largest absolute Gasteiger partial charge is 0.352 e. The van der Waals surface area contributed by atoms with Gasteiger partial charge in [-0.2, -0.15) is 0 Å². The summed E-state index contributed by atoms with van der Waals surface area (Å²) >= 11 is 0. The van der Waals surface area contributed by atoms with Gasteiger partial charge in [0, 0.05) is 24.7 Å². The molecule has 0 fully saturated rings. The Labute approximate surface area is 107 Å². The van der Waals surface area contributed by atoms with E-state index in [1.807, 2.05) is 7.05 Å². The zero-order valence-electron chi connectivity index (χ0n) is 10.7. The molecule has 3 N–H and O–H groups in total. The summed E-state index contributed by atoms with van der Waals surface area (Å²) in [4.78, 5) is 22.6. The highest BCUT2D eigenvalue weighted by Gasteiger charge is 2.04. The summed E-state index contributed by atoms with van der Waals surface area (Å²) in [5.74, 6) is -0.222. The first kappa shape index (κ1) is 14.2. The van der Waals surface area contributed by atoms with Crippen LogP contribution in [0.25, 0.3) is 0 Å². The maximum atomic E-state index is 11.7. The SMILES string of the molecule is CNCCCNC(=O)c1ccc(NC(C)=O)cc1. The van der Waals surface area contributed by atoms with Crippen LogP contribution in [0.3, 0.4) is 0 Å². The molecule has 0 atom stereocenters. The number of hydrogen-bond acceptors (Lipinski definition) is 3. The highest BCUT2D eigenvalue weighted by Crippen LogP contribution is 2.09. The Morgan fingerprint density at radius 2 is 1.78 bits per heavy atom. The van der Waals surface area contributed by atoms with Crippen molar-refractivity contribution < 1.29 is 9.59 Å². The lowest BCUT2D eigenvalue weighted by Crippen LogP contribution is -2.26. The molecular weight excluding hydrogens is 230 g/mol. The van der Waals surface area contributed by atoms with Crippen molar-refractivity contribution in [2.45, 2.75) is 13.3 Å². The number of amides is 2. The summed E-state index contributed by atoms with van der Waals surface area (Å²) in [6, 6.07) is 6.81. The molecule has 0 heterocycles. The monoisotopic (exact) mass is 249 g/mol. The Morgan fingerprint density at radius 1 is 1.11 bits per heavy atom. The predicted molar refractivity (Wildman–Crippen MR) is 71.6 cm³/mol. The summed E-state index contributed by atoms with van der Waals surface area (Å²) in [7, 11) is 1.88. The van der Waals surface area contributed by atoms with Crippen molar-refractivity contribution in [2.24, 2.45) is 0 Å². The number of carbonyl (C=O) groups excluding carboxylic acids is 2. The molecule has 0 radical (unpaired) electrons. The fourth-order valence-corrected chi connectivity index (χ4v) is 1.48. The lowest BCUT2D eigenvalue weighted by Gasteiger charge is -2.06. The van der Waals surface area contributed by atoms with Gasteiger partial charge in [0.2, 0.25) is 5.91 Å². The van der Waals surface area contributed by atoms with E-state index in [9.17, 15) is 9.59 Å². The standard InChI is InChI=1S/C13H19N3O2/c1-10(17)16-12-6-4-11(5-7-12)13(18)15-9-3-8-14-2/h4-7,14H,3,8-9H2,1-2H3,(H,15,18)(H,16,17). The fraction of sp³-hybridized carbons (Fsp3) is 0.385. The van der Waals surface area contributed by atoms with Gasteiger partial charge in [-0.15, -0.1) is 0 Å². The Morgan fingerprint density at radius 3 is 2.33 bits per heavy atom. The van der Waals surface area contributed by atoms with E-state index >= 15 is 0 Å². The second-order valence-electron chi connectivity index (χ2n) is 3.97. The molecule has 1 aromatic carbocycles. The van der Waals surface area contributed by atoms with Crippen LogP contribution < -0.4 is 16.0 Å². The molecule has 2 amide bonds. The molecule has 0 bridgehead atoms. The first-order valence-corrected chi connectivity index (χ1v) is 5.94. The molecule has 0 aliphatic heterocycles. The van der Waals surface area contributed by atoms with E-state index in [4.69, 9.17) is 0 Å². The van der Waals surface area contributed by atoms with Crippen LogP contribution in [0, 0.1) is 0 Å². The summed E-state index contributed by atoms with van der Waals surface area (Å²) in [6.07, 6.45) is 0.895. The van der Waals surface area contributed by atoms with Crippen molar-refractivity contribution in [3.8, 4) is 0 Å². The molecule has 0 aromatic heterocycles. The van der Waals surface area contributed by atoms with E-state index in [0.717, 1.165) is 13.0 Å². The minimum atomic E-state index is -0.126. The van der Waals surface area contributed by atoms with Crippen LogP contribution in [0.15, 0.2) is 24.3 Å². The van der Waals surface area contributed by atoms with Gasteiger partial charge in [0.25, 0.3) is 5.91 Å². The van der Waals surface area contributed by atoms with Gasteiger partial charge in [-0.3, -0.25) is 9.59 Å². The van der Waals surface area contributed by atoms with Crippen LogP contribution in [0.2, 0.25) is 0 Å². The van der Waals surface area contributed by atoms with Crippen LogP contribution in [-0.4, -0.2) is 32.0 Å². The Balaban J connectivity index is 2.46. The normalized spacial score (nSPS) is 9.89. The maximum Gasteiger partial charge on any atom is 0.251 e. The van der Waals surface area contributed by atoms with Crippen molar-refractivity contribution in [3.63, 3.8) is 0 Å². The van der Waals surface area contributed by atoms with Crippen LogP contribution in [0.5, 0.6) is 0 Å². The van der Waals surface area contributed by atoms with Gasteiger partial charge in [-0.1, -0.05) is 0 Å². The highest BCUT2D eigenvalue weighted by atomic mass is 16.2. The Kier molecular flexibility index (Phi) is 5.87. The van der Waals surface area contributed by atoms with Gasteiger partial charge in [-0.25, -0.2) is 0 Å². The van der Waals surface area contributed by atoms with Crippen LogP contribution >= 0.6 is 0 Å². The molecule has 0 aliphatic carbocycles. The third-order valence-electron chi connectivity index (χ3n) is 2.36. The van der Waals surface area contributed by atoms with Crippen LogP contribution in [-0.2, 0) is 4.79 Å². The predicted octanol–water partition coefficient (Wildman–Crippen LogP) is 0.984. The first-order chi connectivity index (χ1) is 8.63. The molecule has 0 aliphatic rings. The van der Waals surface area contributed by atoms with Crippen molar-refractivity contribution in [2.75, 3.05) is 25.5 Å². The number of nitrogens with one attached hydrogen (secondary N) is 3. The van der Waals surface area contributed by atoms with Crippen molar-refractivity contribution in [1.29, 1.82) is 0 Å². The molecule has 1 aromatic rings. The molecule has 0 unspecified atom stereocenters. The zero-order chi connectivity index (χ0) is 13.4. The Hall–Kier alpha value is -1.88. The smallest absolute Gasteiger partial charge is 0.251 e. The minimum Gasteiger partial charge on any atom is -0.352 e. The number of carbonyl (C=O) groups is 2. The molecular formula is C13H19N3O2. The van der Waals surface area contributed by atoms with Crippen LogP contribution in [0.1, 0.15) is 23.7 Å². The Bertz CT molecular complexity index is 401. The number of benzene rings is 1. The lowest BCUT2D eigenvalue weighted by molar-refractivity contribution is -0.114. The van der Waals surface area contributed by atoms with E-state index in [0.29, 0.717) is 17.8 Å². The van der Waals surface area contributed by atoms with Crippen molar-refractivity contribution >= 4 is 17.5 Å². The third kappa shape index (κ3) is 4.97. The average Bonchev–Trinajstić information content (AvgIpc) is 2.34. The van der Waals surface area contributed by atoms with E-state index in [1.165, 1.54) is 6.92 Å². The summed E-state index contributed by atoms with van der Waals surface area (Å²) < 4.78 is 0. The average molecular weight is 249 g/mol. The summed E-state index contributed by atoms with van der Waals surface area (Å²) in [5.41, 5.74) is 1.28. The third-order valence-corrected chi connectivity index (χ3v) is 2.36. The molecule has 0 spiro atoms. The number of rotatable bonds is 6. The van der Waals surface area contributed by atoms with Gasteiger partial charge in [0.05, 0.1) is 0 Å². The second-order valence-corrected chi connectivity index (χ2v) is 3.97. The molecule has 98 valence electrons. The fourth-order valence-electron chi connectivity index (χ4n) is 1.48. The van der Waals surface area contributed by atoms with Crippen molar-refractivity contribution in [1.82, 2.24) is 10.6 Å². The topological polar surface area (TPSA) is 70.2 Å². The number of anilines is 1. The molecule has 0 saturated carbocycles. The lowest BCUT2D eigenvalue weighted by atomic mass is 10.2. The molecule has 5 nitrogen and oxygen atoms in total. The van der Waals surface area contributed by atoms with Gasteiger partial charge in [-0.05, 0) is 44.3 Å². The summed E-state index contributed by atoms with van der Waals surface area (Å²) in [6.45, 7) is 2.97. The van der Waals surface area contributed by atoms with Gasteiger partial charge in [0.15, 0.2) is 0 Å². The highest BCUT2D eigenvalue weighted by molar-refractivity contribution is 5.95. The van der Waals surface area contributed by atoms with E-state index < -0.39 is 0 Å². The molecule has 5 heteroatoms. The van der Waals surface area contributed by atoms with Gasteiger partial charge < -0.3 is 16.0 Å². The quantitative estimate of drug-likeness (QED) is 0.658. The minimum absolute atomic E-state index is 0.0968. The molecule has 1 rings (SSSR count). The second kappa shape index (κ2) is 7.45. The van der Waals surface area contributed by atoms with Gasteiger partial charge in [0.1, 0.15) is 0 Å². The van der Waals surface area contributed by atoms with Crippen LogP contribution in [0.4, 0.5) is 5.69 Å². The zero-order valence-corrected chi connectivity index (χ0v) is 10.7. The molecule has 0 saturated heterocycles. The molecule has 18 heavy (non-hydrogen) atoms. The van der Waals surface area contributed by atoms with Crippen molar-refractivity contribution in [3.05, 3.63) is 29.8 Å².